The van der Waals surface area contributed by atoms with Crippen LogP contribution in [0.5, 0.6) is 0 Å². The van der Waals surface area contributed by atoms with Gasteiger partial charge in [-0.25, -0.2) is 0 Å². The molecule has 0 unspecified atom stereocenters. The maximum atomic E-state index is 6.09. The van der Waals surface area contributed by atoms with E-state index in [9.17, 15) is 0 Å². The van der Waals surface area contributed by atoms with Crippen molar-refractivity contribution in [2.24, 2.45) is 0 Å². The number of benzene rings is 1. The van der Waals surface area contributed by atoms with Crippen LogP contribution in [0.15, 0.2) is 12.1 Å². The summed E-state index contributed by atoms with van der Waals surface area (Å²) in [5.74, 6) is 0.429. The molecule has 0 amide bonds. The zero-order valence-corrected chi connectivity index (χ0v) is 8.99. The molecule has 0 bridgehead atoms. The number of fused-ring (bicyclic) bond motifs is 1. The highest BCUT2D eigenvalue weighted by molar-refractivity contribution is 7.00. The van der Waals surface area contributed by atoms with E-state index in [4.69, 9.17) is 11.6 Å². The molecular formula is C9H9ClN2S. The minimum absolute atomic E-state index is 0.429. The van der Waals surface area contributed by atoms with Crippen LogP contribution in [-0.4, -0.2) is 8.75 Å². The van der Waals surface area contributed by atoms with Crippen molar-refractivity contribution in [1.29, 1.82) is 0 Å². The number of hydrogen-bond acceptors (Lipinski definition) is 3. The molecule has 0 aliphatic rings. The van der Waals surface area contributed by atoms with Gasteiger partial charge in [0.1, 0.15) is 11.0 Å². The molecule has 2 rings (SSSR count). The third-order valence-electron chi connectivity index (χ3n) is 1.99. The van der Waals surface area contributed by atoms with Gasteiger partial charge in [-0.2, -0.15) is 8.75 Å². The molecule has 1 aromatic carbocycles. The topological polar surface area (TPSA) is 25.8 Å². The summed E-state index contributed by atoms with van der Waals surface area (Å²) in [5.41, 5.74) is 2.97. The molecule has 0 saturated carbocycles. The summed E-state index contributed by atoms with van der Waals surface area (Å²) in [6.45, 7) is 4.24. The average molecular weight is 213 g/mol. The van der Waals surface area contributed by atoms with Gasteiger partial charge in [-0.05, 0) is 23.6 Å². The Hall–Kier alpha value is -0.670. The smallest absolute Gasteiger partial charge is 0.106 e. The highest BCUT2D eigenvalue weighted by atomic mass is 35.5. The number of aromatic nitrogens is 2. The quantitative estimate of drug-likeness (QED) is 0.724. The molecule has 0 aliphatic heterocycles. The van der Waals surface area contributed by atoms with E-state index in [1.165, 1.54) is 11.7 Å². The summed E-state index contributed by atoms with van der Waals surface area (Å²) in [4.78, 5) is 0. The lowest BCUT2D eigenvalue weighted by molar-refractivity contribution is 0.868. The minimum atomic E-state index is 0.429. The summed E-state index contributed by atoms with van der Waals surface area (Å²) in [5, 5.41) is 0.787. The van der Waals surface area contributed by atoms with E-state index in [1.807, 2.05) is 12.1 Å². The number of nitrogens with zero attached hydrogens (tertiary/aromatic N) is 2. The number of hydrogen-bond donors (Lipinski definition) is 0. The maximum Gasteiger partial charge on any atom is 0.106 e. The molecule has 0 saturated heterocycles. The fourth-order valence-electron chi connectivity index (χ4n) is 1.26. The molecule has 1 heterocycles. The molecule has 4 heteroatoms. The van der Waals surface area contributed by atoms with Crippen molar-refractivity contribution < 1.29 is 0 Å². The van der Waals surface area contributed by atoms with Crippen LogP contribution in [0.4, 0.5) is 0 Å². The fourth-order valence-corrected chi connectivity index (χ4v) is 2.15. The third kappa shape index (κ3) is 1.54. The van der Waals surface area contributed by atoms with Crippen LogP contribution in [0.25, 0.3) is 11.0 Å². The molecule has 1 aromatic heterocycles. The van der Waals surface area contributed by atoms with Gasteiger partial charge in [-0.3, -0.25) is 0 Å². The summed E-state index contributed by atoms with van der Waals surface area (Å²) in [6.07, 6.45) is 0. The lowest BCUT2D eigenvalue weighted by Crippen LogP contribution is -1.88. The second-order valence-corrected chi connectivity index (χ2v) is 4.22. The van der Waals surface area contributed by atoms with Gasteiger partial charge in [-0.15, -0.1) is 0 Å². The zero-order valence-electron chi connectivity index (χ0n) is 7.41. The summed E-state index contributed by atoms with van der Waals surface area (Å²) in [6, 6.07) is 3.90. The zero-order chi connectivity index (χ0) is 9.42. The molecule has 13 heavy (non-hydrogen) atoms. The molecule has 0 radical (unpaired) electrons. The Bertz CT molecular complexity index is 436. The van der Waals surface area contributed by atoms with Gasteiger partial charge >= 0.3 is 0 Å². The molecule has 2 nitrogen and oxygen atoms in total. The first-order valence-corrected chi connectivity index (χ1v) is 5.21. The van der Waals surface area contributed by atoms with Crippen molar-refractivity contribution >= 4 is 34.4 Å². The molecule has 0 atom stereocenters. The van der Waals surface area contributed by atoms with Crippen molar-refractivity contribution in [3.63, 3.8) is 0 Å². The predicted octanol–water partition coefficient (Wildman–Crippen LogP) is 3.47. The highest BCUT2D eigenvalue weighted by Crippen LogP contribution is 2.28. The van der Waals surface area contributed by atoms with Crippen molar-refractivity contribution in [3.05, 3.63) is 22.7 Å². The summed E-state index contributed by atoms with van der Waals surface area (Å²) in [7, 11) is 0. The molecular weight excluding hydrogens is 204 g/mol. The minimum Gasteiger partial charge on any atom is -0.173 e. The first kappa shape index (κ1) is 8.91. The van der Waals surface area contributed by atoms with E-state index in [2.05, 4.69) is 22.6 Å². The van der Waals surface area contributed by atoms with E-state index in [0.717, 1.165) is 21.6 Å². The van der Waals surface area contributed by atoms with E-state index < -0.39 is 0 Å². The summed E-state index contributed by atoms with van der Waals surface area (Å²) >= 11 is 7.32. The van der Waals surface area contributed by atoms with Gasteiger partial charge in [-0.1, -0.05) is 25.4 Å². The first-order valence-electron chi connectivity index (χ1n) is 4.10. The monoisotopic (exact) mass is 212 g/mol. The third-order valence-corrected chi connectivity index (χ3v) is 2.88. The van der Waals surface area contributed by atoms with Crippen LogP contribution in [0, 0.1) is 0 Å². The van der Waals surface area contributed by atoms with E-state index in [1.54, 1.807) is 0 Å². The largest absolute Gasteiger partial charge is 0.173 e. The Balaban J connectivity index is 2.69. The van der Waals surface area contributed by atoms with Crippen LogP contribution < -0.4 is 0 Å². The van der Waals surface area contributed by atoms with Crippen molar-refractivity contribution in [2.75, 3.05) is 0 Å². The van der Waals surface area contributed by atoms with Gasteiger partial charge in [0, 0.05) is 5.02 Å². The average Bonchev–Trinajstić information content (AvgIpc) is 2.48. The molecule has 0 fully saturated rings. The first-order chi connectivity index (χ1) is 6.18. The lowest BCUT2D eigenvalue weighted by atomic mass is 10.0. The Morgan fingerprint density at radius 1 is 1.23 bits per heavy atom. The van der Waals surface area contributed by atoms with Crippen LogP contribution in [-0.2, 0) is 0 Å². The van der Waals surface area contributed by atoms with Crippen LogP contribution in [0.1, 0.15) is 25.3 Å². The Kier molecular flexibility index (Phi) is 2.22. The van der Waals surface area contributed by atoms with Crippen molar-refractivity contribution in [3.8, 4) is 0 Å². The Morgan fingerprint density at radius 3 is 2.46 bits per heavy atom. The molecule has 0 N–H and O–H groups in total. The standard InChI is InChI=1S/C9H9ClN2S/c1-5(2)6-3-8-9(4-7(6)10)12-13-11-8/h3-5H,1-2H3. The number of rotatable bonds is 1. The van der Waals surface area contributed by atoms with Gasteiger partial charge in [0.15, 0.2) is 0 Å². The molecule has 0 aliphatic carbocycles. The molecule has 68 valence electrons. The second-order valence-electron chi connectivity index (χ2n) is 3.28. The van der Waals surface area contributed by atoms with Crippen LogP contribution >= 0.6 is 23.3 Å². The summed E-state index contributed by atoms with van der Waals surface area (Å²) < 4.78 is 8.30. The van der Waals surface area contributed by atoms with E-state index >= 15 is 0 Å². The van der Waals surface area contributed by atoms with Crippen LogP contribution in [0.3, 0.4) is 0 Å². The molecule has 0 spiro atoms. The Morgan fingerprint density at radius 2 is 1.85 bits per heavy atom. The maximum absolute atomic E-state index is 6.09. The van der Waals surface area contributed by atoms with Gasteiger partial charge < -0.3 is 0 Å². The fraction of sp³-hybridized carbons (Fsp3) is 0.333. The van der Waals surface area contributed by atoms with Crippen molar-refractivity contribution in [1.82, 2.24) is 8.75 Å². The van der Waals surface area contributed by atoms with Gasteiger partial charge in [0.2, 0.25) is 0 Å². The Labute approximate surface area is 85.9 Å². The van der Waals surface area contributed by atoms with Gasteiger partial charge in [0.05, 0.1) is 11.7 Å². The van der Waals surface area contributed by atoms with Crippen LogP contribution in [0.2, 0.25) is 5.02 Å². The lowest BCUT2D eigenvalue weighted by Gasteiger charge is -2.06. The SMILES string of the molecule is CC(C)c1cc2nsnc2cc1Cl. The van der Waals surface area contributed by atoms with Crippen molar-refractivity contribution in [2.45, 2.75) is 19.8 Å². The second kappa shape index (κ2) is 3.24. The van der Waals surface area contributed by atoms with E-state index in [-0.39, 0.29) is 0 Å². The normalized spacial score (nSPS) is 11.4. The van der Waals surface area contributed by atoms with Gasteiger partial charge in [0.25, 0.3) is 0 Å². The van der Waals surface area contributed by atoms with E-state index in [0.29, 0.717) is 5.92 Å². The predicted molar refractivity (Wildman–Crippen MR) is 56.5 cm³/mol. The number of halogens is 1. The highest BCUT2D eigenvalue weighted by Gasteiger charge is 2.08. The molecule has 2 aromatic rings.